The quantitative estimate of drug-likeness (QED) is 0.808. The predicted molar refractivity (Wildman–Crippen MR) is 89.8 cm³/mol. The second kappa shape index (κ2) is 6.16. The van der Waals surface area contributed by atoms with Gasteiger partial charge in [-0.25, -0.2) is 4.79 Å². The van der Waals surface area contributed by atoms with Crippen molar-refractivity contribution in [3.8, 4) is 0 Å². The van der Waals surface area contributed by atoms with E-state index in [0.717, 1.165) is 24.8 Å². The molecule has 4 rings (SSSR count). The molecule has 5 nitrogen and oxygen atoms in total. The number of benzene rings is 2. The summed E-state index contributed by atoms with van der Waals surface area (Å²) in [4.78, 5) is 42.0. The van der Waals surface area contributed by atoms with Crippen molar-refractivity contribution in [2.45, 2.75) is 31.6 Å². The fourth-order valence-corrected chi connectivity index (χ4v) is 3.66. The number of hydrogen-bond donors (Lipinski definition) is 0. The summed E-state index contributed by atoms with van der Waals surface area (Å²) >= 11 is 0. The van der Waals surface area contributed by atoms with Crippen LogP contribution in [-0.4, -0.2) is 22.8 Å². The van der Waals surface area contributed by atoms with Crippen LogP contribution in [0.4, 0.5) is 0 Å². The lowest BCUT2D eigenvalue weighted by Gasteiger charge is -2.25. The predicted octanol–water partition coefficient (Wildman–Crippen LogP) is 3.25. The van der Waals surface area contributed by atoms with Gasteiger partial charge in [0.05, 0.1) is 17.5 Å². The van der Waals surface area contributed by atoms with Crippen LogP contribution in [0, 0.1) is 0 Å². The van der Waals surface area contributed by atoms with Gasteiger partial charge in [-0.3, -0.25) is 9.59 Å². The Morgan fingerprint density at radius 3 is 2.36 bits per heavy atom. The molecule has 1 aliphatic heterocycles. The fourth-order valence-electron chi connectivity index (χ4n) is 3.66. The lowest BCUT2D eigenvalue weighted by Crippen LogP contribution is -2.33. The molecule has 2 aromatic carbocycles. The molecule has 1 unspecified atom stereocenters. The van der Waals surface area contributed by atoms with E-state index in [1.807, 2.05) is 18.2 Å². The molecule has 2 amide bonds. The van der Waals surface area contributed by atoms with Gasteiger partial charge in [0.2, 0.25) is 0 Å². The van der Waals surface area contributed by atoms with Crippen LogP contribution in [0.15, 0.2) is 48.5 Å². The molecule has 0 saturated carbocycles. The van der Waals surface area contributed by atoms with Gasteiger partial charge < -0.3 is 4.84 Å². The number of carbonyl (C=O) groups excluding carboxylic acids is 3. The van der Waals surface area contributed by atoms with Crippen LogP contribution in [0.5, 0.6) is 0 Å². The van der Waals surface area contributed by atoms with Gasteiger partial charge >= 0.3 is 5.97 Å². The van der Waals surface area contributed by atoms with Crippen LogP contribution in [-0.2, 0) is 16.1 Å². The number of imide groups is 1. The molecular formula is C20H17NO4. The third kappa shape index (κ3) is 2.71. The monoisotopic (exact) mass is 335 g/mol. The molecule has 126 valence electrons. The van der Waals surface area contributed by atoms with Crippen molar-refractivity contribution in [1.82, 2.24) is 5.06 Å². The van der Waals surface area contributed by atoms with Crippen molar-refractivity contribution in [3.05, 3.63) is 70.8 Å². The first kappa shape index (κ1) is 15.6. The number of hydroxylamine groups is 2. The van der Waals surface area contributed by atoms with Gasteiger partial charge in [0, 0.05) is 0 Å². The van der Waals surface area contributed by atoms with E-state index in [0.29, 0.717) is 5.06 Å². The molecule has 2 aromatic rings. The zero-order valence-electron chi connectivity index (χ0n) is 13.6. The second-order valence-electron chi connectivity index (χ2n) is 6.41. The zero-order valence-corrected chi connectivity index (χ0v) is 13.6. The highest BCUT2D eigenvalue weighted by molar-refractivity contribution is 6.20. The van der Waals surface area contributed by atoms with E-state index in [2.05, 4.69) is 6.07 Å². The van der Waals surface area contributed by atoms with Gasteiger partial charge in [0.25, 0.3) is 11.8 Å². The number of carbonyl (C=O) groups is 3. The minimum absolute atomic E-state index is 0.0626. The summed E-state index contributed by atoms with van der Waals surface area (Å²) in [5.41, 5.74) is 2.95. The lowest BCUT2D eigenvalue weighted by molar-refractivity contribution is -0.169. The van der Waals surface area contributed by atoms with Gasteiger partial charge in [-0.05, 0) is 48.4 Å². The van der Waals surface area contributed by atoms with E-state index in [9.17, 15) is 14.4 Å². The highest BCUT2D eigenvalue weighted by Gasteiger charge is 2.39. The summed E-state index contributed by atoms with van der Waals surface area (Å²) < 4.78 is 0. The van der Waals surface area contributed by atoms with Crippen molar-refractivity contribution < 1.29 is 19.2 Å². The largest absolute Gasteiger partial charge is 0.333 e. The minimum atomic E-state index is -0.585. The number of hydrogen-bond acceptors (Lipinski definition) is 4. The first-order chi connectivity index (χ1) is 12.1. The molecule has 0 N–H and O–H groups in total. The van der Waals surface area contributed by atoms with Crippen LogP contribution in [0.25, 0.3) is 0 Å². The van der Waals surface area contributed by atoms with Gasteiger partial charge in [-0.15, -0.1) is 0 Å². The highest BCUT2D eigenvalue weighted by Crippen LogP contribution is 2.34. The Hall–Kier alpha value is -2.95. The standard InChI is InChI=1S/C20H17NO4/c22-18(12-14-8-5-7-13-6-1-2-9-15(13)14)25-21-19(23)16-10-3-4-11-17(16)20(21)24/h1-4,6,9-11,14H,5,7-8,12H2. The van der Waals surface area contributed by atoms with Gasteiger partial charge in [-0.2, -0.15) is 0 Å². The first-order valence-electron chi connectivity index (χ1n) is 8.41. The topological polar surface area (TPSA) is 63.7 Å². The molecule has 0 aromatic heterocycles. The Labute approximate surface area is 145 Å². The molecule has 0 fully saturated rings. The molecule has 1 aliphatic carbocycles. The van der Waals surface area contributed by atoms with Crippen molar-refractivity contribution in [2.75, 3.05) is 0 Å². The average Bonchev–Trinajstić information content (AvgIpc) is 2.87. The smallest absolute Gasteiger partial charge is 0.330 e. The van der Waals surface area contributed by atoms with Gasteiger partial charge in [0.1, 0.15) is 0 Å². The lowest BCUT2D eigenvalue weighted by atomic mass is 9.81. The SMILES string of the molecule is O=C(CC1CCCc2ccccc21)ON1C(=O)c2ccccc2C1=O. The van der Waals surface area contributed by atoms with Crippen LogP contribution in [0.3, 0.4) is 0 Å². The molecule has 0 bridgehead atoms. The summed E-state index contributed by atoms with van der Waals surface area (Å²) in [5.74, 6) is -1.67. The number of aryl methyl sites for hydroxylation is 1. The Kier molecular flexibility index (Phi) is 3.84. The van der Waals surface area contributed by atoms with Crippen molar-refractivity contribution in [1.29, 1.82) is 0 Å². The fraction of sp³-hybridized carbons (Fsp3) is 0.250. The molecule has 0 radical (unpaired) electrons. The van der Waals surface area contributed by atoms with Gasteiger partial charge in [-0.1, -0.05) is 41.5 Å². The molecule has 25 heavy (non-hydrogen) atoms. The van der Waals surface area contributed by atoms with Crippen molar-refractivity contribution in [3.63, 3.8) is 0 Å². The number of amides is 2. The van der Waals surface area contributed by atoms with E-state index in [-0.39, 0.29) is 23.5 Å². The maximum absolute atomic E-state index is 12.4. The van der Waals surface area contributed by atoms with Crippen LogP contribution in [0.2, 0.25) is 0 Å². The maximum atomic E-state index is 12.4. The van der Waals surface area contributed by atoms with Gasteiger partial charge in [0.15, 0.2) is 0 Å². The van der Waals surface area contributed by atoms with E-state index < -0.39 is 17.8 Å². The highest BCUT2D eigenvalue weighted by atomic mass is 16.7. The van der Waals surface area contributed by atoms with E-state index in [1.165, 1.54) is 5.56 Å². The Morgan fingerprint density at radius 1 is 1.00 bits per heavy atom. The molecule has 1 atom stereocenters. The summed E-state index contributed by atoms with van der Waals surface area (Å²) in [6.07, 6.45) is 3.08. The average molecular weight is 335 g/mol. The number of nitrogens with zero attached hydrogens (tertiary/aromatic N) is 1. The van der Waals surface area contributed by atoms with E-state index in [1.54, 1.807) is 24.3 Å². The Bertz CT molecular complexity index is 839. The van der Waals surface area contributed by atoms with E-state index >= 15 is 0 Å². The first-order valence-corrected chi connectivity index (χ1v) is 8.41. The molecule has 2 aliphatic rings. The number of fused-ring (bicyclic) bond motifs is 2. The maximum Gasteiger partial charge on any atom is 0.333 e. The summed E-state index contributed by atoms with van der Waals surface area (Å²) in [5, 5.41) is 0.585. The Balaban J connectivity index is 1.48. The van der Waals surface area contributed by atoms with Crippen LogP contribution in [0.1, 0.15) is 57.0 Å². The van der Waals surface area contributed by atoms with Crippen LogP contribution >= 0.6 is 0 Å². The van der Waals surface area contributed by atoms with Crippen molar-refractivity contribution >= 4 is 17.8 Å². The molecule has 0 spiro atoms. The van der Waals surface area contributed by atoms with Crippen molar-refractivity contribution in [2.24, 2.45) is 0 Å². The summed E-state index contributed by atoms with van der Waals surface area (Å²) in [7, 11) is 0. The summed E-state index contributed by atoms with van der Waals surface area (Å²) in [6.45, 7) is 0. The minimum Gasteiger partial charge on any atom is -0.330 e. The summed E-state index contributed by atoms with van der Waals surface area (Å²) in [6, 6.07) is 14.5. The van der Waals surface area contributed by atoms with Crippen LogP contribution < -0.4 is 0 Å². The third-order valence-corrected chi connectivity index (χ3v) is 4.86. The Morgan fingerprint density at radius 2 is 1.64 bits per heavy atom. The molecule has 0 saturated heterocycles. The zero-order chi connectivity index (χ0) is 17.4. The number of rotatable bonds is 3. The molecule has 5 heteroatoms. The third-order valence-electron chi connectivity index (χ3n) is 4.86. The molecular weight excluding hydrogens is 318 g/mol. The normalized spacial score (nSPS) is 18.7. The molecule has 1 heterocycles. The van der Waals surface area contributed by atoms with E-state index in [4.69, 9.17) is 4.84 Å². The second-order valence-corrected chi connectivity index (χ2v) is 6.41.